The summed E-state index contributed by atoms with van der Waals surface area (Å²) in [5.41, 5.74) is 7.47. The minimum absolute atomic E-state index is 0.527. The molecule has 0 saturated carbocycles. The standard InChI is InChI=1S/C12H13N5O/c1-8-16-12(17-18-8)4-5-15-11-3-2-10(14)6-9(11)7-13/h2-3,6,15H,4-5,14H2,1H3. The van der Waals surface area contributed by atoms with Crippen LogP contribution in [0.15, 0.2) is 22.7 Å². The van der Waals surface area contributed by atoms with Crippen LogP contribution in [0.25, 0.3) is 0 Å². The third-order valence-electron chi connectivity index (χ3n) is 2.40. The Morgan fingerprint density at radius 1 is 1.50 bits per heavy atom. The SMILES string of the molecule is Cc1nc(CCNc2ccc(N)cc2C#N)no1. The average molecular weight is 243 g/mol. The number of nitrogen functional groups attached to an aromatic ring is 1. The molecule has 1 aromatic carbocycles. The molecule has 0 spiro atoms. The molecule has 6 heteroatoms. The first-order valence-electron chi connectivity index (χ1n) is 5.51. The molecule has 92 valence electrons. The van der Waals surface area contributed by atoms with E-state index in [1.807, 2.05) is 0 Å². The van der Waals surface area contributed by atoms with Gasteiger partial charge in [0.25, 0.3) is 0 Å². The van der Waals surface area contributed by atoms with Gasteiger partial charge in [0.15, 0.2) is 5.82 Å². The zero-order valence-corrected chi connectivity index (χ0v) is 9.97. The number of hydrogen-bond donors (Lipinski definition) is 2. The molecule has 2 rings (SSSR count). The Hall–Kier alpha value is -2.55. The van der Waals surface area contributed by atoms with Gasteiger partial charge in [-0.15, -0.1) is 0 Å². The second kappa shape index (κ2) is 5.19. The lowest BCUT2D eigenvalue weighted by molar-refractivity contribution is 0.387. The van der Waals surface area contributed by atoms with E-state index in [9.17, 15) is 0 Å². The summed E-state index contributed by atoms with van der Waals surface area (Å²) in [7, 11) is 0. The molecule has 0 radical (unpaired) electrons. The molecule has 2 aromatic rings. The highest BCUT2D eigenvalue weighted by Crippen LogP contribution is 2.17. The van der Waals surface area contributed by atoms with Gasteiger partial charge in [0.2, 0.25) is 5.89 Å². The summed E-state index contributed by atoms with van der Waals surface area (Å²) in [6.07, 6.45) is 0.632. The maximum absolute atomic E-state index is 8.98. The predicted octanol–water partition coefficient (Wildman–Crippen LogP) is 1.49. The van der Waals surface area contributed by atoms with Gasteiger partial charge in [-0.3, -0.25) is 0 Å². The van der Waals surface area contributed by atoms with Gasteiger partial charge in [0.05, 0.1) is 11.3 Å². The predicted molar refractivity (Wildman–Crippen MR) is 66.8 cm³/mol. The van der Waals surface area contributed by atoms with Crippen molar-refractivity contribution in [1.29, 1.82) is 5.26 Å². The summed E-state index contributed by atoms with van der Waals surface area (Å²) in [4.78, 5) is 4.10. The lowest BCUT2D eigenvalue weighted by Gasteiger charge is -2.07. The molecule has 0 bridgehead atoms. The maximum atomic E-state index is 8.98. The number of nitrogens with one attached hydrogen (secondary N) is 1. The van der Waals surface area contributed by atoms with Gasteiger partial charge >= 0.3 is 0 Å². The second-order valence-electron chi connectivity index (χ2n) is 3.82. The highest BCUT2D eigenvalue weighted by Gasteiger charge is 2.04. The summed E-state index contributed by atoms with van der Waals surface area (Å²) in [5.74, 6) is 1.20. The number of aromatic nitrogens is 2. The van der Waals surface area contributed by atoms with E-state index in [-0.39, 0.29) is 0 Å². The quantitative estimate of drug-likeness (QED) is 0.789. The van der Waals surface area contributed by atoms with E-state index in [0.29, 0.717) is 35.9 Å². The van der Waals surface area contributed by atoms with Crippen molar-refractivity contribution in [3.63, 3.8) is 0 Å². The summed E-state index contributed by atoms with van der Waals surface area (Å²) in [6.45, 7) is 2.37. The molecule has 0 aliphatic rings. The van der Waals surface area contributed by atoms with Crippen molar-refractivity contribution in [1.82, 2.24) is 10.1 Å². The Balaban J connectivity index is 1.96. The number of nitrogens with two attached hydrogens (primary N) is 1. The van der Waals surface area contributed by atoms with Gasteiger partial charge in [-0.2, -0.15) is 10.2 Å². The number of aryl methyl sites for hydroxylation is 1. The molecule has 0 fully saturated rings. The fraction of sp³-hybridized carbons (Fsp3) is 0.250. The van der Waals surface area contributed by atoms with Gasteiger partial charge in [0.1, 0.15) is 6.07 Å². The van der Waals surface area contributed by atoms with Crippen molar-refractivity contribution in [2.75, 3.05) is 17.6 Å². The first-order valence-corrected chi connectivity index (χ1v) is 5.51. The summed E-state index contributed by atoms with van der Waals surface area (Å²) < 4.78 is 4.87. The van der Waals surface area contributed by atoms with Gasteiger partial charge < -0.3 is 15.6 Å². The van der Waals surface area contributed by atoms with Gasteiger partial charge in [-0.05, 0) is 18.2 Å². The number of anilines is 2. The molecule has 0 aliphatic carbocycles. The molecule has 3 N–H and O–H groups in total. The number of benzene rings is 1. The van der Waals surface area contributed by atoms with Gasteiger partial charge in [-0.1, -0.05) is 5.16 Å². The molecule has 18 heavy (non-hydrogen) atoms. The summed E-state index contributed by atoms with van der Waals surface area (Å²) in [5, 5.41) is 15.9. The molecular formula is C12H13N5O. The van der Waals surface area contributed by atoms with Crippen molar-refractivity contribution in [2.24, 2.45) is 0 Å². The van der Waals surface area contributed by atoms with Crippen LogP contribution in [0.5, 0.6) is 0 Å². The molecular weight excluding hydrogens is 230 g/mol. The molecule has 0 unspecified atom stereocenters. The Kier molecular flexibility index (Phi) is 3.44. The number of hydrogen-bond acceptors (Lipinski definition) is 6. The lowest BCUT2D eigenvalue weighted by atomic mass is 10.1. The highest BCUT2D eigenvalue weighted by atomic mass is 16.5. The Morgan fingerprint density at radius 2 is 2.33 bits per heavy atom. The van der Waals surface area contributed by atoms with Crippen molar-refractivity contribution in [3.8, 4) is 6.07 Å². The highest BCUT2D eigenvalue weighted by molar-refractivity contribution is 5.62. The van der Waals surface area contributed by atoms with Crippen LogP contribution in [0.4, 0.5) is 11.4 Å². The van der Waals surface area contributed by atoms with Gasteiger partial charge in [-0.25, -0.2) is 0 Å². The minimum atomic E-state index is 0.527. The van der Waals surface area contributed by atoms with Crippen LogP contribution in [0.3, 0.4) is 0 Å². The van der Waals surface area contributed by atoms with E-state index in [4.69, 9.17) is 15.5 Å². The Morgan fingerprint density at radius 3 is 3.00 bits per heavy atom. The number of nitriles is 1. The Bertz CT molecular complexity index is 584. The molecule has 6 nitrogen and oxygen atoms in total. The van der Waals surface area contributed by atoms with Crippen LogP contribution in [0.2, 0.25) is 0 Å². The first-order chi connectivity index (χ1) is 8.69. The van der Waals surface area contributed by atoms with E-state index in [2.05, 4.69) is 21.5 Å². The minimum Gasteiger partial charge on any atom is -0.399 e. The van der Waals surface area contributed by atoms with E-state index in [1.165, 1.54) is 0 Å². The zero-order valence-electron chi connectivity index (χ0n) is 9.97. The van der Waals surface area contributed by atoms with Crippen molar-refractivity contribution in [3.05, 3.63) is 35.5 Å². The van der Waals surface area contributed by atoms with Crippen LogP contribution in [-0.4, -0.2) is 16.7 Å². The van der Waals surface area contributed by atoms with Crippen molar-refractivity contribution >= 4 is 11.4 Å². The van der Waals surface area contributed by atoms with Crippen LogP contribution < -0.4 is 11.1 Å². The molecule has 0 aliphatic heterocycles. The molecule has 1 heterocycles. The zero-order chi connectivity index (χ0) is 13.0. The number of nitrogens with zero attached hydrogens (tertiary/aromatic N) is 3. The average Bonchev–Trinajstić information content (AvgIpc) is 2.77. The molecule has 0 saturated heterocycles. The lowest BCUT2D eigenvalue weighted by Crippen LogP contribution is -2.07. The third kappa shape index (κ3) is 2.77. The maximum Gasteiger partial charge on any atom is 0.223 e. The van der Waals surface area contributed by atoms with Gasteiger partial charge in [0, 0.05) is 25.6 Å². The van der Waals surface area contributed by atoms with E-state index in [1.54, 1.807) is 25.1 Å². The third-order valence-corrected chi connectivity index (χ3v) is 2.40. The molecule has 0 amide bonds. The Labute approximate surface area is 104 Å². The summed E-state index contributed by atoms with van der Waals surface area (Å²) >= 11 is 0. The van der Waals surface area contributed by atoms with E-state index < -0.39 is 0 Å². The largest absolute Gasteiger partial charge is 0.399 e. The fourth-order valence-electron chi connectivity index (χ4n) is 1.56. The monoisotopic (exact) mass is 243 g/mol. The van der Waals surface area contributed by atoms with Crippen LogP contribution in [0.1, 0.15) is 17.3 Å². The topological polar surface area (TPSA) is 101 Å². The second-order valence-corrected chi connectivity index (χ2v) is 3.82. The summed E-state index contributed by atoms with van der Waals surface area (Å²) in [6, 6.07) is 7.28. The van der Waals surface area contributed by atoms with Crippen LogP contribution in [-0.2, 0) is 6.42 Å². The fourth-order valence-corrected chi connectivity index (χ4v) is 1.56. The number of rotatable bonds is 4. The smallest absolute Gasteiger partial charge is 0.223 e. The van der Waals surface area contributed by atoms with Crippen molar-refractivity contribution < 1.29 is 4.52 Å². The first kappa shape index (κ1) is 11.9. The van der Waals surface area contributed by atoms with E-state index in [0.717, 1.165) is 5.69 Å². The molecule has 0 atom stereocenters. The molecule has 1 aromatic heterocycles. The normalized spacial score (nSPS) is 10.0. The van der Waals surface area contributed by atoms with Crippen LogP contribution >= 0.6 is 0 Å². The van der Waals surface area contributed by atoms with Crippen molar-refractivity contribution in [2.45, 2.75) is 13.3 Å². The van der Waals surface area contributed by atoms with E-state index >= 15 is 0 Å². The van der Waals surface area contributed by atoms with Crippen LogP contribution in [0, 0.1) is 18.3 Å².